The van der Waals surface area contributed by atoms with Crippen molar-refractivity contribution < 1.29 is 0 Å². The van der Waals surface area contributed by atoms with Crippen LogP contribution < -0.4 is 5.69 Å². The van der Waals surface area contributed by atoms with E-state index in [1.54, 1.807) is 17.1 Å². The van der Waals surface area contributed by atoms with E-state index in [1.165, 1.54) is 0 Å². The molecule has 0 spiro atoms. The summed E-state index contributed by atoms with van der Waals surface area (Å²) in [5, 5.41) is 22.9. The Labute approximate surface area is 214 Å². The van der Waals surface area contributed by atoms with E-state index in [-0.39, 0.29) is 5.69 Å². The number of hydrogen-bond donors (Lipinski definition) is 1. The summed E-state index contributed by atoms with van der Waals surface area (Å²) in [6.45, 7) is 5.42. The molecule has 0 saturated carbocycles. The molecule has 1 aromatic carbocycles. The summed E-state index contributed by atoms with van der Waals surface area (Å²) in [6.07, 6.45) is 12.0. The molecule has 190 valence electrons. The first kappa shape index (κ1) is 24.3. The third kappa shape index (κ3) is 4.97. The maximum Gasteiger partial charge on any atom is 0.335 e. The number of aryl methyl sites for hydroxylation is 2. The molecule has 0 aliphatic carbocycles. The summed E-state index contributed by atoms with van der Waals surface area (Å²) >= 11 is 0. The van der Waals surface area contributed by atoms with Crippen LogP contribution in [0.2, 0.25) is 0 Å². The number of nitrogens with one attached hydrogen (secondary N) is 1. The quantitative estimate of drug-likeness (QED) is 0.295. The van der Waals surface area contributed by atoms with Gasteiger partial charge in [0.05, 0.1) is 6.54 Å². The fourth-order valence-electron chi connectivity index (χ4n) is 4.49. The molecule has 5 rings (SSSR count). The summed E-state index contributed by atoms with van der Waals surface area (Å²) in [5.74, 6) is 1.06. The van der Waals surface area contributed by atoms with Gasteiger partial charge in [0.25, 0.3) is 0 Å². The Hall–Kier alpha value is -4.41. The van der Waals surface area contributed by atoms with E-state index >= 15 is 0 Å². The minimum absolute atomic E-state index is 0.141. The first-order valence-corrected chi connectivity index (χ1v) is 12.7. The van der Waals surface area contributed by atoms with Crippen molar-refractivity contribution in [3.05, 3.63) is 77.0 Å². The molecule has 0 saturated heterocycles. The van der Waals surface area contributed by atoms with E-state index in [2.05, 4.69) is 49.7 Å². The van der Waals surface area contributed by atoms with Crippen molar-refractivity contribution >= 4 is 0 Å². The van der Waals surface area contributed by atoms with Crippen LogP contribution in [0.4, 0.5) is 0 Å². The van der Waals surface area contributed by atoms with Gasteiger partial charge in [-0.25, -0.2) is 9.36 Å². The maximum absolute atomic E-state index is 13.8. The predicted octanol–water partition coefficient (Wildman–Crippen LogP) is 3.66. The van der Waals surface area contributed by atoms with Gasteiger partial charge in [-0.2, -0.15) is 5.21 Å². The molecular formula is C26H30N10O. The molecule has 0 aliphatic rings. The van der Waals surface area contributed by atoms with Crippen LogP contribution in [-0.2, 0) is 19.5 Å². The van der Waals surface area contributed by atoms with E-state index in [0.29, 0.717) is 18.3 Å². The summed E-state index contributed by atoms with van der Waals surface area (Å²) in [6, 6.07) is 9.86. The lowest BCUT2D eigenvalue weighted by Crippen LogP contribution is -2.26. The van der Waals surface area contributed by atoms with Crippen molar-refractivity contribution in [3.63, 3.8) is 0 Å². The van der Waals surface area contributed by atoms with E-state index in [9.17, 15) is 4.79 Å². The Balaban J connectivity index is 1.58. The maximum atomic E-state index is 13.8. The van der Waals surface area contributed by atoms with Crippen LogP contribution in [0.3, 0.4) is 0 Å². The molecule has 4 heterocycles. The smallest absolute Gasteiger partial charge is 0.299 e. The molecule has 4 aromatic heterocycles. The third-order valence-electron chi connectivity index (χ3n) is 6.45. The molecule has 1 N–H and O–H groups in total. The van der Waals surface area contributed by atoms with Gasteiger partial charge in [0.2, 0.25) is 11.8 Å². The van der Waals surface area contributed by atoms with Gasteiger partial charge in [-0.15, -0.1) is 20.4 Å². The summed E-state index contributed by atoms with van der Waals surface area (Å²) < 4.78 is 5.39. The van der Waals surface area contributed by atoms with E-state index in [4.69, 9.17) is 0 Å². The molecule has 5 aromatic rings. The lowest BCUT2D eigenvalue weighted by Gasteiger charge is -2.13. The Morgan fingerprint density at radius 2 is 1.81 bits per heavy atom. The average molecular weight is 499 g/mol. The van der Waals surface area contributed by atoms with Crippen LogP contribution in [0.5, 0.6) is 0 Å². The van der Waals surface area contributed by atoms with Crippen LogP contribution in [0.15, 0.2) is 60.0 Å². The van der Waals surface area contributed by atoms with Crippen LogP contribution >= 0.6 is 0 Å². The molecule has 0 fully saturated rings. The second kappa shape index (κ2) is 11.1. The fourth-order valence-corrected chi connectivity index (χ4v) is 4.49. The number of tetrazole rings is 1. The molecule has 0 atom stereocenters. The number of nitrogens with zero attached hydrogens (tertiary/aromatic N) is 9. The van der Waals surface area contributed by atoms with Gasteiger partial charge in [0.1, 0.15) is 6.33 Å². The van der Waals surface area contributed by atoms with Gasteiger partial charge >= 0.3 is 5.69 Å². The number of aromatic amines is 1. The van der Waals surface area contributed by atoms with Gasteiger partial charge in [0, 0.05) is 36.4 Å². The number of imidazole rings is 1. The standard InChI is InChI=1S/C26H30N10O/c1-3-5-9-20-17-36(25-31-28-18-34(25)14-6-4-2)26(37)35(20)16-19-15-27-13-12-21(19)22-10-7-8-11-23(22)24-29-32-33-30-24/h7-8,10-13,15,17-18H,3-6,9,14,16H2,1-2H3,(H,29,30,32,33). The highest BCUT2D eigenvalue weighted by Crippen LogP contribution is 2.32. The zero-order valence-corrected chi connectivity index (χ0v) is 21.1. The first-order valence-electron chi connectivity index (χ1n) is 12.7. The normalized spacial score (nSPS) is 11.3. The topological polar surface area (TPSA) is 125 Å². The zero-order valence-electron chi connectivity index (χ0n) is 21.1. The summed E-state index contributed by atoms with van der Waals surface area (Å²) in [4.78, 5) is 18.2. The highest BCUT2D eigenvalue weighted by molar-refractivity contribution is 5.81. The zero-order chi connectivity index (χ0) is 25.6. The van der Waals surface area contributed by atoms with Crippen molar-refractivity contribution in [2.75, 3.05) is 0 Å². The number of unbranched alkanes of at least 4 members (excludes halogenated alkanes) is 2. The lowest BCUT2D eigenvalue weighted by molar-refractivity contribution is 0.607. The predicted molar refractivity (Wildman–Crippen MR) is 139 cm³/mol. The van der Waals surface area contributed by atoms with Crippen molar-refractivity contribution in [1.82, 2.24) is 49.5 Å². The monoisotopic (exact) mass is 498 g/mol. The van der Waals surface area contributed by atoms with E-state index in [0.717, 1.165) is 66.6 Å². The number of benzene rings is 1. The van der Waals surface area contributed by atoms with Crippen molar-refractivity contribution in [1.29, 1.82) is 0 Å². The average Bonchev–Trinajstić information content (AvgIpc) is 3.69. The Morgan fingerprint density at radius 3 is 2.59 bits per heavy atom. The number of aromatic nitrogens is 10. The van der Waals surface area contributed by atoms with Crippen LogP contribution in [-0.4, -0.2) is 49.5 Å². The second-order valence-electron chi connectivity index (χ2n) is 8.95. The number of hydrogen-bond acceptors (Lipinski definition) is 7. The van der Waals surface area contributed by atoms with Crippen LogP contribution in [0.25, 0.3) is 28.5 Å². The van der Waals surface area contributed by atoms with Crippen molar-refractivity contribution in [2.45, 2.75) is 59.0 Å². The SMILES string of the molecule is CCCCc1cn(-c2nncn2CCCC)c(=O)n1Cc1cnccc1-c1ccccc1-c1nn[nH]n1. The molecule has 0 unspecified atom stereocenters. The fraction of sp³-hybridized carbons (Fsp3) is 0.346. The Bertz CT molecular complexity index is 1510. The largest absolute Gasteiger partial charge is 0.335 e. The van der Waals surface area contributed by atoms with E-state index in [1.807, 2.05) is 51.9 Å². The molecule has 0 bridgehead atoms. The Morgan fingerprint density at radius 1 is 0.973 bits per heavy atom. The molecule has 37 heavy (non-hydrogen) atoms. The summed E-state index contributed by atoms with van der Waals surface area (Å²) in [7, 11) is 0. The highest BCUT2D eigenvalue weighted by Gasteiger charge is 2.19. The van der Waals surface area contributed by atoms with Gasteiger partial charge < -0.3 is 0 Å². The van der Waals surface area contributed by atoms with Gasteiger partial charge in [0.15, 0.2) is 0 Å². The molecular weight excluding hydrogens is 468 g/mol. The minimum Gasteiger partial charge on any atom is -0.299 e. The number of rotatable bonds is 11. The van der Waals surface area contributed by atoms with Gasteiger partial charge in [-0.3, -0.25) is 14.1 Å². The number of H-pyrrole nitrogens is 1. The van der Waals surface area contributed by atoms with Crippen molar-refractivity contribution in [2.24, 2.45) is 0 Å². The lowest BCUT2D eigenvalue weighted by atomic mass is 9.96. The van der Waals surface area contributed by atoms with Gasteiger partial charge in [-0.05, 0) is 47.2 Å². The first-order chi connectivity index (χ1) is 18.2. The summed E-state index contributed by atoms with van der Waals surface area (Å²) in [5.41, 5.74) is 4.49. The van der Waals surface area contributed by atoms with Crippen LogP contribution in [0.1, 0.15) is 50.8 Å². The molecule has 11 nitrogen and oxygen atoms in total. The van der Waals surface area contributed by atoms with Crippen LogP contribution in [0, 0.1) is 0 Å². The molecule has 11 heteroatoms. The Kier molecular flexibility index (Phi) is 7.29. The highest BCUT2D eigenvalue weighted by atomic mass is 16.2. The molecule has 0 amide bonds. The van der Waals surface area contributed by atoms with E-state index < -0.39 is 0 Å². The van der Waals surface area contributed by atoms with Gasteiger partial charge in [-0.1, -0.05) is 51.0 Å². The van der Waals surface area contributed by atoms with Crippen molar-refractivity contribution in [3.8, 4) is 28.5 Å². The second-order valence-corrected chi connectivity index (χ2v) is 8.95. The number of pyridine rings is 1. The molecule has 0 radical (unpaired) electrons. The molecule has 0 aliphatic heterocycles. The third-order valence-corrected chi connectivity index (χ3v) is 6.45. The minimum atomic E-state index is -0.141.